The maximum absolute atomic E-state index is 13.4. The van der Waals surface area contributed by atoms with E-state index in [0.717, 1.165) is 5.56 Å². The summed E-state index contributed by atoms with van der Waals surface area (Å²) < 4.78 is 1.94. The first-order valence-electron chi connectivity index (χ1n) is 9.18. The van der Waals surface area contributed by atoms with E-state index in [4.69, 9.17) is 0 Å². The third kappa shape index (κ3) is 3.79. The minimum atomic E-state index is -0.837. The summed E-state index contributed by atoms with van der Waals surface area (Å²) in [4.78, 5) is 28.3. The molecule has 2 aliphatic rings. The van der Waals surface area contributed by atoms with Gasteiger partial charge in [0.15, 0.2) is 12.3 Å². The van der Waals surface area contributed by atoms with Crippen LogP contribution >= 0.6 is 0 Å². The second kappa shape index (κ2) is 8.19. The largest absolute Gasteiger partial charge is 1.00 e. The molecule has 152 valence electrons. The molecule has 5 nitrogen and oxygen atoms in total. The first-order valence-corrected chi connectivity index (χ1v) is 9.18. The van der Waals surface area contributed by atoms with Crippen LogP contribution in [0, 0.1) is 6.08 Å². The monoisotopic (exact) mass is 562 g/mol. The second-order valence-corrected chi connectivity index (χ2v) is 8.13. The van der Waals surface area contributed by atoms with Gasteiger partial charge in [-0.25, -0.2) is 4.58 Å². The fourth-order valence-electron chi connectivity index (χ4n) is 3.94. The smallest absolute Gasteiger partial charge is 0.396 e. The van der Waals surface area contributed by atoms with E-state index in [0.29, 0.717) is 12.1 Å². The van der Waals surface area contributed by atoms with Gasteiger partial charge in [-0.1, -0.05) is 35.9 Å². The van der Waals surface area contributed by atoms with Crippen molar-refractivity contribution >= 4 is 18.0 Å². The molecule has 1 spiro atoms. The van der Waals surface area contributed by atoms with Crippen molar-refractivity contribution in [2.45, 2.75) is 51.4 Å². The average Bonchev–Trinajstić information content (AvgIpc) is 3.06. The Balaban J connectivity index is 0.00000280. The summed E-state index contributed by atoms with van der Waals surface area (Å²) in [5, 5.41) is 3.07. The van der Waals surface area contributed by atoms with Crippen LogP contribution < -0.4 is 5.32 Å². The molecule has 1 aromatic rings. The van der Waals surface area contributed by atoms with Crippen molar-refractivity contribution in [3.05, 3.63) is 59.7 Å². The zero-order chi connectivity index (χ0) is 19.8. The molecule has 0 saturated carbocycles. The molecule has 2 heterocycles. The van der Waals surface area contributed by atoms with Gasteiger partial charge < -0.3 is 15.0 Å². The number of nitrogens with one attached hydrogen (secondary N) is 1. The van der Waals surface area contributed by atoms with Gasteiger partial charge in [-0.3, -0.25) is 10.9 Å². The first kappa shape index (κ1) is 22.3. The number of allylic oxidation sites excluding steroid dienone is 2. The van der Waals surface area contributed by atoms with Crippen LogP contribution in [-0.2, 0) is 38.5 Å². The van der Waals surface area contributed by atoms with E-state index in [1.807, 2.05) is 81.1 Å². The summed E-state index contributed by atoms with van der Waals surface area (Å²) in [7, 11) is 1.90. The topological polar surface area (TPSA) is 52.4 Å². The maximum atomic E-state index is 13.4. The third-order valence-electron chi connectivity index (χ3n) is 5.04. The number of rotatable bonds is 3. The summed E-state index contributed by atoms with van der Waals surface area (Å²) >= 11 is 0. The Bertz CT molecular complexity index is 852. The molecule has 1 fully saturated rings. The van der Waals surface area contributed by atoms with Gasteiger partial charge in [0, 0.05) is 18.2 Å². The van der Waals surface area contributed by atoms with Gasteiger partial charge in [-0.05, 0) is 32.4 Å². The van der Waals surface area contributed by atoms with Crippen LogP contribution in [0.25, 0.3) is 0 Å². The van der Waals surface area contributed by atoms with Crippen molar-refractivity contribution < 1.29 is 36.5 Å². The SMILES string of the molecule is C[C-]=C1C(=O)N(Cc2ccccc2)[C@@H](C(=O)NC(C)(C)C)[C@]12C=CC=[N+]2C.[Au+]. The van der Waals surface area contributed by atoms with Gasteiger partial charge in [-0.15, -0.1) is 6.92 Å². The molecule has 2 atom stereocenters. The molecule has 0 aliphatic carbocycles. The maximum Gasteiger partial charge on any atom is 1.00 e. The molecule has 2 aliphatic heterocycles. The van der Waals surface area contributed by atoms with E-state index in [2.05, 4.69) is 11.4 Å². The molecular weight excluding hydrogens is 535 g/mol. The molecule has 6 heteroatoms. The Morgan fingerprint density at radius 3 is 2.43 bits per heavy atom. The number of hydrogen-bond acceptors (Lipinski definition) is 2. The zero-order valence-electron chi connectivity index (χ0n) is 16.9. The summed E-state index contributed by atoms with van der Waals surface area (Å²) in [6.07, 6.45) is 8.81. The molecule has 3 rings (SSSR count). The standard InChI is InChI=1S/C22H27N3O2.Au/c1-6-17-20(27)25(15-16-11-8-7-9-12-16)18(19(26)23-21(2,3)4)22(17)13-10-14-24(22)5;/h7-14,18H,15H2,1-5H3,(H,23,26);/q;+1/t18-,22-;/m0./s1. The Morgan fingerprint density at radius 1 is 1.29 bits per heavy atom. The van der Waals surface area contributed by atoms with Crippen molar-refractivity contribution in [2.75, 3.05) is 7.05 Å². The first-order chi connectivity index (χ1) is 12.7. The van der Waals surface area contributed by atoms with E-state index in [-0.39, 0.29) is 34.2 Å². The van der Waals surface area contributed by atoms with Gasteiger partial charge in [0.05, 0.1) is 5.91 Å². The van der Waals surface area contributed by atoms with Crippen LogP contribution in [0.5, 0.6) is 0 Å². The zero-order valence-corrected chi connectivity index (χ0v) is 19.1. The number of nitrogens with zero attached hydrogens (tertiary/aromatic N) is 2. The van der Waals surface area contributed by atoms with Crippen molar-refractivity contribution in [2.24, 2.45) is 0 Å². The van der Waals surface area contributed by atoms with Crippen LogP contribution in [0.1, 0.15) is 33.3 Å². The molecule has 0 bridgehead atoms. The molecule has 0 radical (unpaired) electrons. The minimum absolute atomic E-state index is 0. The molecule has 1 saturated heterocycles. The van der Waals surface area contributed by atoms with Crippen LogP contribution in [0.15, 0.2) is 48.1 Å². The van der Waals surface area contributed by atoms with Crippen LogP contribution in [0.4, 0.5) is 0 Å². The van der Waals surface area contributed by atoms with Crippen molar-refractivity contribution in [3.63, 3.8) is 0 Å². The van der Waals surface area contributed by atoms with Gasteiger partial charge in [0.25, 0.3) is 0 Å². The Hall–Kier alpha value is -1.95. The normalized spacial score (nSPS) is 25.2. The predicted molar refractivity (Wildman–Crippen MR) is 105 cm³/mol. The van der Waals surface area contributed by atoms with E-state index in [9.17, 15) is 9.59 Å². The number of likely N-dealkylation sites (N-methyl/N-ethyl adjacent to an activating group) is 1. The van der Waals surface area contributed by atoms with Crippen LogP contribution in [0.3, 0.4) is 0 Å². The molecule has 1 N–H and O–H groups in total. The minimum Gasteiger partial charge on any atom is -0.396 e. The van der Waals surface area contributed by atoms with Crippen molar-refractivity contribution in [3.8, 4) is 0 Å². The number of likely N-dealkylation sites (tertiary alicyclic amines) is 1. The number of carbonyl (C=O) groups excluding carboxylic acids is 2. The summed E-state index contributed by atoms with van der Waals surface area (Å²) in [5.41, 5.74) is 0.267. The van der Waals surface area contributed by atoms with Crippen LogP contribution in [0.2, 0.25) is 0 Å². The van der Waals surface area contributed by atoms with Crippen molar-refractivity contribution in [1.82, 2.24) is 10.2 Å². The number of benzene rings is 1. The average molecular weight is 562 g/mol. The summed E-state index contributed by atoms with van der Waals surface area (Å²) in [5.74, 6) is -0.314. The van der Waals surface area contributed by atoms with E-state index >= 15 is 0 Å². The number of hydrogen-bond donors (Lipinski definition) is 1. The van der Waals surface area contributed by atoms with Crippen molar-refractivity contribution in [1.29, 1.82) is 0 Å². The van der Waals surface area contributed by atoms with Gasteiger partial charge >= 0.3 is 22.4 Å². The van der Waals surface area contributed by atoms with E-state index in [1.54, 1.807) is 11.8 Å². The molecule has 1 aromatic carbocycles. The fourth-order valence-corrected chi connectivity index (χ4v) is 3.94. The van der Waals surface area contributed by atoms with Gasteiger partial charge in [0.1, 0.15) is 7.05 Å². The molecule has 28 heavy (non-hydrogen) atoms. The second-order valence-electron chi connectivity index (χ2n) is 8.13. The molecule has 0 unspecified atom stereocenters. The molecule has 2 amide bonds. The van der Waals surface area contributed by atoms with Crippen LogP contribution in [-0.4, -0.2) is 51.7 Å². The Kier molecular flexibility index (Phi) is 6.54. The van der Waals surface area contributed by atoms with E-state index in [1.165, 1.54) is 0 Å². The molecular formula is C22H27AuN3O2+. The Morgan fingerprint density at radius 2 is 1.93 bits per heavy atom. The molecule has 0 aromatic heterocycles. The summed E-state index contributed by atoms with van der Waals surface area (Å²) in [6, 6.07) is 9.08. The third-order valence-corrected chi connectivity index (χ3v) is 5.04. The quantitative estimate of drug-likeness (QED) is 0.266. The van der Waals surface area contributed by atoms with Gasteiger partial charge in [0.2, 0.25) is 11.4 Å². The predicted octanol–water partition coefficient (Wildman–Crippen LogP) is 2.08. The fraction of sp³-hybridized carbons (Fsp3) is 0.409. The number of carbonyl (C=O) groups is 2. The Labute approximate surface area is 182 Å². The van der Waals surface area contributed by atoms with E-state index < -0.39 is 17.1 Å². The number of amides is 2. The van der Waals surface area contributed by atoms with Gasteiger partial charge in [-0.2, -0.15) is 0 Å². The summed E-state index contributed by atoms with van der Waals surface area (Å²) in [6.45, 7) is 7.94.